The van der Waals surface area contributed by atoms with Gasteiger partial charge in [0.05, 0.1) is 5.69 Å². The first-order chi connectivity index (χ1) is 10.1. The zero-order chi connectivity index (χ0) is 14.8. The van der Waals surface area contributed by atoms with Crippen molar-refractivity contribution >= 4 is 29.1 Å². The second-order valence-corrected chi connectivity index (χ2v) is 5.16. The van der Waals surface area contributed by atoms with E-state index in [0.29, 0.717) is 10.7 Å². The van der Waals surface area contributed by atoms with Gasteiger partial charge in [-0.15, -0.1) is 0 Å². The molecule has 0 aliphatic rings. The predicted octanol–water partition coefficient (Wildman–Crippen LogP) is 4.19. The molecule has 0 amide bonds. The molecule has 0 radical (unpaired) electrons. The minimum Gasteiger partial charge on any atom is -0.297 e. The minimum atomic E-state index is -0.0776. The summed E-state index contributed by atoms with van der Waals surface area (Å²) in [6, 6.07) is 13.0. The van der Waals surface area contributed by atoms with E-state index in [4.69, 9.17) is 11.6 Å². The van der Waals surface area contributed by atoms with E-state index in [9.17, 15) is 4.79 Å². The van der Waals surface area contributed by atoms with Crippen molar-refractivity contribution < 1.29 is 4.79 Å². The SMILES string of the molecule is Cc1nc2ccccn2c1C(=O)/C=C/c1cccc(Cl)c1. The third kappa shape index (κ3) is 2.73. The van der Waals surface area contributed by atoms with Crippen molar-refractivity contribution in [2.24, 2.45) is 0 Å². The van der Waals surface area contributed by atoms with Crippen molar-refractivity contribution in [3.05, 3.63) is 76.7 Å². The van der Waals surface area contributed by atoms with E-state index in [-0.39, 0.29) is 5.78 Å². The van der Waals surface area contributed by atoms with Crippen LogP contribution < -0.4 is 0 Å². The second-order valence-electron chi connectivity index (χ2n) is 4.73. The highest BCUT2D eigenvalue weighted by Crippen LogP contribution is 2.15. The van der Waals surface area contributed by atoms with Crippen LogP contribution in [0.1, 0.15) is 21.7 Å². The zero-order valence-corrected chi connectivity index (χ0v) is 12.2. The van der Waals surface area contributed by atoms with Crippen LogP contribution in [0.3, 0.4) is 0 Å². The van der Waals surface area contributed by atoms with Gasteiger partial charge in [-0.1, -0.05) is 35.9 Å². The number of hydrogen-bond donors (Lipinski definition) is 0. The maximum Gasteiger partial charge on any atom is 0.204 e. The fourth-order valence-corrected chi connectivity index (χ4v) is 2.47. The van der Waals surface area contributed by atoms with Crippen molar-refractivity contribution in [3.8, 4) is 0 Å². The quantitative estimate of drug-likeness (QED) is 0.536. The summed E-state index contributed by atoms with van der Waals surface area (Å²) >= 11 is 5.93. The van der Waals surface area contributed by atoms with Crippen LogP contribution in [0.2, 0.25) is 5.02 Å². The van der Waals surface area contributed by atoms with Crippen LogP contribution in [0, 0.1) is 6.92 Å². The number of ketones is 1. The molecule has 4 heteroatoms. The molecule has 0 N–H and O–H groups in total. The van der Waals surface area contributed by atoms with Gasteiger partial charge in [0.2, 0.25) is 5.78 Å². The molecule has 0 spiro atoms. The topological polar surface area (TPSA) is 34.4 Å². The van der Waals surface area contributed by atoms with Gasteiger partial charge in [-0.25, -0.2) is 4.98 Å². The zero-order valence-electron chi connectivity index (χ0n) is 11.5. The molecule has 104 valence electrons. The van der Waals surface area contributed by atoms with Crippen molar-refractivity contribution in [2.75, 3.05) is 0 Å². The molecule has 0 saturated heterocycles. The molecule has 3 aromatic rings. The molecule has 0 atom stereocenters. The molecule has 2 heterocycles. The third-order valence-corrected chi connectivity index (χ3v) is 3.45. The summed E-state index contributed by atoms with van der Waals surface area (Å²) in [7, 11) is 0. The number of carbonyl (C=O) groups excluding carboxylic acids is 1. The molecular formula is C17H13ClN2O. The van der Waals surface area contributed by atoms with Gasteiger partial charge in [-0.3, -0.25) is 9.20 Å². The molecule has 0 saturated carbocycles. The lowest BCUT2D eigenvalue weighted by atomic mass is 10.1. The van der Waals surface area contributed by atoms with E-state index in [1.165, 1.54) is 0 Å². The number of benzene rings is 1. The molecule has 2 aromatic heterocycles. The first kappa shape index (κ1) is 13.6. The van der Waals surface area contributed by atoms with Gasteiger partial charge in [0, 0.05) is 11.2 Å². The second kappa shape index (κ2) is 5.54. The number of pyridine rings is 1. The summed E-state index contributed by atoms with van der Waals surface area (Å²) in [6.45, 7) is 1.84. The lowest BCUT2D eigenvalue weighted by Gasteiger charge is -1.98. The van der Waals surface area contributed by atoms with Gasteiger partial charge < -0.3 is 0 Å². The Morgan fingerprint density at radius 3 is 2.90 bits per heavy atom. The molecule has 0 aliphatic heterocycles. The minimum absolute atomic E-state index is 0.0776. The van der Waals surface area contributed by atoms with E-state index in [1.807, 2.05) is 49.5 Å². The Morgan fingerprint density at radius 1 is 1.24 bits per heavy atom. The van der Waals surface area contributed by atoms with Crippen LogP contribution in [-0.2, 0) is 0 Å². The highest BCUT2D eigenvalue weighted by molar-refractivity contribution is 6.30. The maximum atomic E-state index is 12.4. The summed E-state index contributed by atoms with van der Waals surface area (Å²) in [6.07, 6.45) is 5.15. The van der Waals surface area contributed by atoms with Gasteiger partial charge >= 0.3 is 0 Å². The molecular weight excluding hydrogens is 284 g/mol. The van der Waals surface area contributed by atoms with Crippen LogP contribution in [-0.4, -0.2) is 15.2 Å². The number of rotatable bonds is 3. The van der Waals surface area contributed by atoms with Gasteiger partial charge in [0.15, 0.2) is 0 Å². The molecule has 0 bridgehead atoms. The first-order valence-electron chi connectivity index (χ1n) is 6.57. The van der Waals surface area contributed by atoms with Crippen LogP contribution in [0.5, 0.6) is 0 Å². The lowest BCUT2D eigenvalue weighted by Crippen LogP contribution is -2.01. The Balaban J connectivity index is 1.96. The Hall–Kier alpha value is -2.39. The Morgan fingerprint density at radius 2 is 2.10 bits per heavy atom. The smallest absolute Gasteiger partial charge is 0.204 e. The molecule has 1 aromatic carbocycles. The summed E-state index contributed by atoms with van der Waals surface area (Å²) < 4.78 is 1.81. The highest BCUT2D eigenvalue weighted by Gasteiger charge is 2.13. The van der Waals surface area contributed by atoms with Crippen molar-refractivity contribution in [2.45, 2.75) is 6.92 Å². The molecule has 3 nitrogen and oxygen atoms in total. The van der Waals surface area contributed by atoms with E-state index < -0.39 is 0 Å². The fourth-order valence-electron chi connectivity index (χ4n) is 2.27. The van der Waals surface area contributed by atoms with E-state index in [0.717, 1.165) is 16.9 Å². The summed E-state index contributed by atoms with van der Waals surface area (Å²) in [5, 5.41) is 0.649. The lowest BCUT2D eigenvalue weighted by molar-refractivity contribution is 0.104. The number of fused-ring (bicyclic) bond motifs is 1. The molecule has 0 aliphatic carbocycles. The van der Waals surface area contributed by atoms with Gasteiger partial charge in [0.25, 0.3) is 0 Å². The Kier molecular flexibility index (Phi) is 3.59. The number of imidazole rings is 1. The van der Waals surface area contributed by atoms with Gasteiger partial charge in [-0.2, -0.15) is 0 Å². The molecule has 0 unspecified atom stereocenters. The highest BCUT2D eigenvalue weighted by atomic mass is 35.5. The van der Waals surface area contributed by atoms with Gasteiger partial charge in [-0.05, 0) is 42.8 Å². The summed E-state index contributed by atoms with van der Waals surface area (Å²) in [5.74, 6) is -0.0776. The monoisotopic (exact) mass is 296 g/mol. The number of halogens is 1. The number of allylic oxidation sites excluding steroid dienone is 1. The van der Waals surface area contributed by atoms with Crippen LogP contribution in [0.15, 0.2) is 54.7 Å². The number of hydrogen-bond acceptors (Lipinski definition) is 2. The van der Waals surface area contributed by atoms with Gasteiger partial charge in [0.1, 0.15) is 11.3 Å². The Bertz CT molecular complexity index is 849. The summed E-state index contributed by atoms with van der Waals surface area (Å²) in [4.78, 5) is 16.8. The summed E-state index contributed by atoms with van der Waals surface area (Å²) in [5.41, 5.74) is 2.97. The molecule has 0 fully saturated rings. The van der Waals surface area contributed by atoms with Crippen molar-refractivity contribution in [1.29, 1.82) is 0 Å². The average molecular weight is 297 g/mol. The number of aromatic nitrogens is 2. The van der Waals surface area contributed by atoms with Crippen LogP contribution in [0.25, 0.3) is 11.7 Å². The maximum absolute atomic E-state index is 12.4. The normalized spacial score (nSPS) is 11.3. The number of aryl methyl sites for hydroxylation is 1. The fraction of sp³-hybridized carbons (Fsp3) is 0.0588. The van der Waals surface area contributed by atoms with Crippen molar-refractivity contribution in [3.63, 3.8) is 0 Å². The van der Waals surface area contributed by atoms with Crippen LogP contribution >= 0.6 is 11.6 Å². The number of carbonyl (C=O) groups is 1. The Labute approximate surface area is 127 Å². The average Bonchev–Trinajstić information content (AvgIpc) is 2.81. The van der Waals surface area contributed by atoms with Crippen LogP contribution in [0.4, 0.5) is 0 Å². The van der Waals surface area contributed by atoms with E-state index in [1.54, 1.807) is 22.6 Å². The van der Waals surface area contributed by atoms with E-state index in [2.05, 4.69) is 4.98 Å². The molecule has 21 heavy (non-hydrogen) atoms. The van der Waals surface area contributed by atoms with E-state index >= 15 is 0 Å². The largest absolute Gasteiger partial charge is 0.297 e. The predicted molar refractivity (Wildman–Crippen MR) is 84.7 cm³/mol. The molecule has 3 rings (SSSR count). The van der Waals surface area contributed by atoms with Crippen molar-refractivity contribution in [1.82, 2.24) is 9.38 Å². The third-order valence-electron chi connectivity index (χ3n) is 3.21. The number of nitrogens with zero attached hydrogens (tertiary/aromatic N) is 2. The first-order valence-corrected chi connectivity index (χ1v) is 6.94. The standard InChI is InChI=1S/C17H13ClN2O/c1-12-17(20-10-3-2-7-16(20)19-12)15(21)9-8-13-5-4-6-14(18)11-13/h2-11H,1H3/b9-8+.